The van der Waals surface area contributed by atoms with Gasteiger partial charge in [0.05, 0.1) is 11.0 Å². The van der Waals surface area contributed by atoms with Crippen molar-refractivity contribution in [1.82, 2.24) is 4.57 Å². The number of para-hydroxylation sites is 1. The van der Waals surface area contributed by atoms with Crippen LogP contribution in [0.25, 0.3) is 105 Å². The Hall–Kier alpha value is -9.76. The summed E-state index contributed by atoms with van der Waals surface area (Å²) in [5.41, 5.74) is 30.6. The molecular formula is C89H82N2. The summed E-state index contributed by atoms with van der Waals surface area (Å²) in [6.45, 7) is 11.4. The van der Waals surface area contributed by atoms with E-state index < -0.39 is 0 Å². The van der Waals surface area contributed by atoms with Gasteiger partial charge in [0.1, 0.15) is 0 Å². The van der Waals surface area contributed by atoms with Crippen molar-refractivity contribution >= 4 is 38.9 Å². The maximum Gasteiger partial charge on any atom is 0.0541 e. The quantitative estimate of drug-likeness (QED) is 0.0651. The molecule has 13 aromatic rings. The molecule has 1 aliphatic rings. The van der Waals surface area contributed by atoms with Crippen LogP contribution in [0, 0.1) is 13.8 Å². The highest BCUT2D eigenvalue weighted by molar-refractivity contribution is 6.10. The second-order valence-corrected chi connectivity index (χ2v) is 26.2. The molecule has 0 fully saturated rings. The Balaban J connectivity index is 0.767. The van der Waals surface area contributed by atoms with Crippen LogP contribution in [0.4, 0.5) is 17.1 Å². The van der Waals surface area contributed by atoms with Crippen LogP contribution in [0.1, 0.15) is 113 Å². The van der Waals surface area contributed by atoms with E-state index in [1.54, 1.807) is 0 Å². The van der Waals surface area contributed by atoms with Crippen molar-refractivity contribution in [3.63, 3.8) is 0 Å². The van der Waals surface area contributed by atoms with Crippen molar-refractivity contribution in [2.24, 2.45) is 0 Å². The Morgan fingerprint density at radius 3 is 1.48 bits per heavy atom. The number of hydrogen-bond donors (Lipinski definition) is 0. The molecule has 0 atom stereocenters. The van der Waals surface area contributed by atoms with Crippen LogP contribution < -0.4 is 4.90 Å². The fraction of sp³-hybridized carbons (Fsp3) is 0.191. The Kier molecular flexibility index (Phi) is 16.8. The van der Waals surface area contributed by atoms with Crippen LogP contribution in [0.15, 0.2) is 273 Å². The lowest BCUT2D eigenvalue weighted by Crippen LogP contribution is -2.16. The molecule has 0 saturated carbocycles. The van der Waals surface area contributed by atoms with Gasteiger partial charge in [-0.1, -0.05) is 266 Å². The molecule has 0 radical (unpaired) electrons. The molecule has 91 heavy (non-hydrogen) atoms. The third-order valence-corrected chi connectivity index (χ3v) is 19.5. The average molecular weight is 1180 g/mol. The minimum atomic E-state index is -0.121. The van der Waals surface area contributed by atoms with Crippen molar-refractivity contribution in [3.05, 3.63) is 301 Å². The third kappa shape index (κ3) is 12.3. The standard InChI is InChI=1S/C89H82N2/c1-6-7-8-9-10-11-12-13-14-16-24-64-35-39-67(40-36-64)70-27-23-28-71(55-70)75-56-74(69-37-33-62(2)34-38-69)57-76(58-75)73-53-63(3)54-80(59-73)91-87-32-22-20-30-83(87)84-60-72(45-52-88(84)91)68-43-48-78(49-44-68)90(77-46-41-66(42-47-77)65-25-17-15-18-26-65)79-50-51-82-81-29-19-21-31-85(81)89(4,5)86(82)61-79/h15,17-23,25-61H,6-14,16,24H2,1-5H3. The fourth-order valence-corrected chi connectivity index (χ4v) is 14.4. The van der Waals surface area contributed by atoms with Crippen molar-refractivity contribution < 1.29 is 0 Å². The van der Waals surface area contributed by atoms with Gasteiger partial charge in [-0.25, -0.2) is 0 Å². The van der Waals surface area contributed by atoms with Crippen LogP contribution >= 0.6 is 0 Å². The molecule has 0 saturated heterocycles. The van der Waals surface area contributed by atoms with Gasteiger partial charge in [-0.2, -0.15) is 0 Å². The molecule has 1 aliphatic carbocycles. The number of unbranched alkanes of at least 4 members (excludes halogenated alkanes) is 9. The molecular weight excluding hydrogens is 1100 g/mol. The van der Waals surface area contributed by atoms with E-state index in [1.165, 1.54) is 192 Å². The lowest BCUT2D eigenvalue weighted by atomic mass is 9.82. The molecule has 2 nitrogen and oxygen atoms in total. The number of anilines is 3. The highest BCUT2D eigenvalue weighted by Gasteiger charge is 2.36. The lowest BCUT2D eigenvalue weighted by molar-refractivity contribution is 0.556. The molecule has 0 spiro atoms. The summed E-state index contributed by atoms with van der Waals surface area (Å²) in [6, 6.07) is 103. The van der Waals surface area contributed by atoms with Crippen LogP contribution in [0.5, 0.6) is 0 Å². The van der Waals surface area contributed by atoms with E-state index in [1.807, 2.05) is 0 Å². The number of aromatic nitrogens is 1. The van der Waals surface area contributed by atoms with E-state index in [2.05, 4.69) is 317 Å². The van der Waals surface area contributed by atoms with E-state index in [9.17, 15) is 0 Å². The van der Waals surface area contributed by atoms with Gasteiger partial charge in [0.15, 0.2) is 0 Å². The summed E-state index contributed by atoms with van der Waals surface area (Å²) in [7, 11) is 0. The van der Waals surface area contributed by atoms with E-state index in [0.717, 1.165) is 29.2 Å². The van der Waals surface area contributed by atoms with Gasteiger partial charge in [0, 0.05) is 38.9 Å². The summed E-state index contributed by atoms with van der Waals surface area (Å²) in [5.74, 6) is 0. The second kappa shape index (κ2) is 26.0. The first-order valence-corrected chi connectivity index (χ1v) is 33.5. The van der Waals surface area contributed by atoms with Gasteiger partial charge in [-0.3, -0.25) is 0 Å². The number of fused-ring (bicyclic) bond motifs is 6. The number of hydrogen-bond acceptors (Lipinski definition) is 1. The van der Waals surface area contributed by atoms with Gasteiger partial charge in [0.2, 0.25) is 0 Å². The predicted molar refractivity (Wildman–Crippen MR) is 391 cm³/mol. The normalized spacial score (nSPS) is 12.4. The molecule has 0 unspecified atom stereocenters. The highest BCUT2D eigenvalue weighted by atomic mass is 15.1. The zero-order valence-electron chi connectivity index (χ0n) is 53.7. The number of nitrogens with zero attached hydrogens (tertiary/aromatic N) is 2. The second-order valence-electron chi connectivity index (χ2n) is 26.2. The molecule has 1 heterocycles. The summed E-state index contributed by atoms with van der Waals surface area (Å²) >= 11 is 0. The van der Waals surface area contributed by atoms with Crippen molar-refractivity contribution in [1.29, 1.82) is 0 Å². The summed E-state index contributed by atoms with van der Waals surface area (Å²) in [4.78, 5) is 2.42. The van der Waals surface area contributed by atoms with Crippen molar-refractivity contribution in [2.75, 3.05) is 4.90 Å². The lowest BCUT2D eigenvalue weighted by Gasteiger charge is -2.28. The first kappa shape index (κ1) is 58.9. The Labute approximate surface area is 540 Å². The summed E-state index contributed by atoms with van der Waals surface area (Å²) < 4.78 is 2.47. The average Bonchev–Trinajstić information content (AvgIpc) is 1.61. The van der Waals surface area contributed by atoms with Crippen LogP contribution in [-0.2, 0) is 11.8 Å². The van der Waals surface area contributed by atoms with Gasteiger partial charge in [0.25, 0.3) is 0 Å². The first-order chi connectivity index (χ1) is 44.6. The molecule has 12 aromatic carbocycles. The van der Waals surface area contributed by atoms with Gasteiger partial charge in [-0.15, -0.1) is 0 Å². The van der Waals surface area contributed by atoms with Crippen LogP contribution in [-0.4, -0.2) is 4.57 Å². The van der Waals surface area contributed by atoms with Crippen molar-refractivity contribution in [2.45, 2.75) is 111 Å². The maximum atomic E-state index is 2.47. The third-order valence-electron chi connectivity index (χ3n) is 19.5. The molecule has 0 amide bonds. The van der Waals surface area contributed by atoms with Crippen LogP contribution in [0.3, 0.4) is 0 Å². The molecule has 1 aromatic heterocycles. The van der Waals surface area contributed by atoms with E-state index in [4.69, 9.17) is 0 Å². The zero-order chi connectivity index (χ0) is 61.8. The highest BCUT2D eigenvalue weighted by Crippen LogP contribution is 2.51. The Bertz CT molecular complexity index is 4690. The number of benzene rings is 12. The van der Waals surface area contributed by atoms with Crippen molar-refractivity contribution in [3.8, 4) is 83.6 Å². The molecule has 0 aliphatic heterocycles. The summed E-state index contributed by atoms with van der Waals surface area (Å²) in [5, 5.41) is 2.47. The molecule has 14 rings (SSSR count). The van der Waals surface area contributed by atoms with E-state index in [0.29, 0.717) is 0 Å². The SMILES string of the molecule is CCCCCCCCCCCCc1ccc(-c2cccc(-c3cc(-c4ccc(C)cc4)cc(-c4cc(C)cc(-n5c6ccccc6c6cc(-c7ccc(N(c8ccc(-c9ccccc9)cc8)c8ccc9c(c8)C(C)(C)c8ccccc8-9)cc7)ccc65)c4)c3)c2)cc1. The fourth-order valence-electron chi connectivity index (χ4n) is 14.4. The molecule has 0 bridgehead atoms. The van der Waals surface area contributed by atoms with Gasteiger partial charge in [-0.05, 0) is 218 Å². The maximum absolute atomic E-state index is 2.47. The topological polar surface area (TPSA) is 8.17 Å². The molecule has 2 heteroatoms. The largest absolute Gasteiger partial charge is 0.310 e. The van der Waals surface area contributed by atoms with Gasteiger partial charge < -0.3 is 9.47 Å². The predicted octanol–water partition coefficient (Wildman–Crippen LogP) is 25.6. The smallest absolute Gasteiger partial charge is 0.0541 e. The summed E-state index contributed by atoms with van der Waals surface area (Å²) in [6.07, 6.45) is 14.8. The number of aryl methyl sites for hydroxylation is 3. The van der Waals surface area contributed by atoms with E-state index in [-0.39, 0.29) is 5.41 Å². The monoisotopic (exact) mass is 1180 g/mol. The minimum Gasteiger partial charge on any atom is -0.310 e. The first-order valence-electron chi connectivity index (χ1n) is 33.5. The minimum absolute atomic E-state index is 0.121. The molecule has 448 valence electrons. The van der Waals surface area contributed by atoms with Gasteiger partial charge >= 0.3 is 0 Å². The Morgan fingerprint density at radius 2 is 0.780 bits per heavy atom. The van der Waals surface area contributed by atoms with E-state index >= 15 is 0 Å². The van der Waals surface area contributed by atoms with Crippen LogP contribution in [0.2, 0.25) is 0 Å². The Morgan fingerprint density at radius 1 is 0.308 bits per heavy atom. The number of rotatable bonds is 21. The zero-order valence-corrected chi connectivity index (χ0v) is 53.7. The molecule has 0 N–H and O–H groups in total.